The van der Waals surface area contributed by atoms with Gasteiger partial charge in [-0.25, -0.2) is 0 Å². The molecule has 2 amide bonds. The highest BCUT2D eigenvalue weighted by Gasteiger charge is 2.42. The van der Waals surface area contributed by atoms with Crippen LogP contribution in [-0.2, 0) is 9.59 Å². The van der Waals surface area contributed by atoms with Crippen molar-refractivity contribution in [3.05, 3.63) is 0 Å². The highest BCUT2D eigenvalue weighted by atomic mass is 19.4. The normalized spacial score (nSPS) is 17.0. The highest BCUT2D eigenvalue weighted by molar-refractivity contribution is 5.87. The lowest BCUT2D eigenvalue weighted by Crippen LogP contribution is -2.50. The van der Waals surface area contributed by atoms with Gasteiger partial charge in [-0.2, -0.15) is 13.2 Å². The number of carbonyl (C=O) groups is 2. The van der Waals surface area contributed by atoms with E-state index in [-0.39, 0.29) is 18.4 Å². The monoisotopic (exact) mass is 379 g/mol. The molecule has 0 aliphatic heterocycles. The topological polar surface area (TPSA) is 77.0 Å². The van der Waals surface area contributed by atoms with Crippen molar-refractivity contribution in [2.24, 2.45) is 10.4 Å². The van der Waals surface area contributed by atoms with Gasteiger partial charge in [-0.3, -0.25) is 14.6 Å². The number of nitrogens with one attached hydrogen (secondary N) is 2. The Labute approximate surface area is 152 Å². The van der Waals surface area contributed by atoms with Crippen LogP contribution in [0.2, 0.25) is 0 Å². The van der Waals surface area contributed by atoms with E-state index in [4.69, 9.17) is 0 Å². The van der Waals surface area contributed by atoms with Crippen molar-refractivity contribution in [1.82, 2.24) is 20.4 Å². The van der Waals surface area contributed by atoms with Crippen LogP contribution in [0.5, 0.6) is 0 Å². The van der Waals surface area contributed by atoms with E-state index >= 15 is 0 Å². The van der Waals surface area contributed by atoms with E-state index in [1.807, 2.05) is 0 Å². The molecule has 10 heteroatoms. The Hall–Kier alpha value is -2.00. The van der Waals surface area contributed by atoms with E-state index in [0.29, 0.717) is 11.4 Å². The fourth-order valence-electron chi connectivity index (χ4n) is 3.12. The van der Waals surface area contributed by atoms with Gasteiger partial charge in [0.1, 0.15) is 6.54 Å². The number of hydrogen-bond donors (Lipinski definition) is 2. The number of halogens is 3. The minimum absolute atomic E-state index is 0.0407. The Bertz CT molecular complexity index is 528. The number of rotatable bonds is 6. The second-order valence-corrected chi connectivity index (χ2v) is 6.83. The van der Waals surface area contributed by atoms with Gasteiger partial charge in [-0.15, -0.1) is 0 Å². The lowest BCUT2D eigenvalue weighted by atomic mass is 9.84. The minimum Gasteiger partial charge on any atom is -0.355 e. The third kappa shape index (κ3) is 6.38. The molecule has 26 heavy (non-hydrogen) atoms. The molecule has 0 aromatic carbocycles. The molecule has 1 fully saturated rings. The van der Waals surface area contributed by atoms with Gasteiger partial charge in [-0.05, 0) is 12.8 Å². The number of carbonyl (C=O) groups excluding carboxylic acids is 2. The molecular weight excluding hydrogens is 351 g/mol. The molecule has 0 aromatic rings. The van der Waals surface area contributed by atoms with Crippen molar-refractivity contribution in [3.8, 4) is 0 Å². The molecule has 0 atom stereocenters. The SMILES string of the molecule is CN=C(NCC(=O)N(C)CC(F)(F)F)NCC1(C(=O)N(C)C)CCCC1. The van der Waals surface area contributed by atoms with Gasteiger partial charge < -0.3 is 20.4 Å². The molecule has 1 aliphatic rings. The van der Waals surface area contributed by atoms with Crippen molar-refractivity contribution in [2.45, 2.75) is 31.9 Å². The number of aliphatic imine (C=N–C) groups is 1. The molecule has 0 saturated heterocycles. The summed E-state index contributed by atoms with van der Waals surface area (Å²) in [4.78, 5) is 30.4. The molecule has 1 saturated carbocycles. The maximum atomic E-state index is 12.5. The van der Waals surface area contributed by atoms with E-state index in [9.17, 15) is 22.8 Å². The molecule has 0 spiro atoms. The smallest absolute Gasteiger partial charge is 0.355 e. The summed E-state index contributed by atoms with van der Waals surface area (Å²) in [6.07, 6.45) is -0.976. The Morgan fingerprint density at radius 1 is 1.12 bits per heavy atom. The quantitative estimate of drug-likeness (QED) is 0.529. The number of nitrogens with zero attached hydrogens (tertiary/aromatic N) is 3. The van der Waals surface area contributed by atoms with Crippen LogP contribution in [0.15, 0.2) is 4.99 Å². The van der Waals surface area contributed by atoms with Crippen LogP contribution in [0.4, 0.5) is 13.2 Å². The van der Waals surface area contributed by atoms with Crippen LogP contribution in [0.3, 0.4) is 0 Å². The third-order valence-corrected chi connectivity index (χ3v) is 4.49. The van der Waals surface area contributed by atoms with Gasteiger partial charge in [0.2, 0.25) is 11.8 Å². The average Bonchev–Trinajstić information content (AvgIpc) is 3.02. The Balaban J connectivity index is 2.57. The van der Waals surface area contributed by atoms with Crippen LogP contribution < -0.4 is 10.6 Å². The van der Waals surface area contributed by atoms with Crippen molar-refractivity contribution >= 4 is 17.8 Å². The first kappa shape index (κ1) is 22.0. The van der Waals surface area contributed by atoms with Crippen LogP contribution in [0.25, 0.3) is 0 Å². The zero-order valence-electron chi connectivity index (χ0n) is 15.7. The molecule has 0 aromatic heterocycles. The van der Waals surface area contributed by atoms with Gasteiger partial charge in [0, 0.05) is 34.7 Å². The summed E-state index contributed by atoms with van der Waals surface area (Å²) in [5.74, 6) is -0.388. The molecular formula is C16H28F3N5O2. The van der Waals surface area contributed by atoms with Gasteiger partial charge in [0.25, 0.3) is 0 Å². The maximum absolute atomic E-state index is 12.5. The average molecular weight is 379 g/mol. The first-order valence-corrected chi connectivity index (χ1v) is 8.48. The first-order valence-electron chi connectivity index (χ1n) is 8.48. The zero-order chi connectivity index (χ0) is 20.0. The van der Waals surface area contributed by atoms with Crippen LogP contribution in [0, 0.1) is 5.41 Å². The predicted molar refractivity (Wildman–Crippen MR) is 92.7 cm³/mol. The first-order chi connectivity index (χ1) is 12.0. The molecule has 0 unspecified atom stereocenters. The lowest BCUT2D eigenvalue weighted by molar-refractivity contribution is -0.157. The number of alkyl halides is 3. The van der Waals surface area contributed by atoms with Crippen molar-refractivity contribution in [2.75, 3.05) is 47.8 Å². The number of amides is 2. The number of hydrogen-bond acceptors (Lipinski definition) is 3. The Morgan fingerprint density at radius 3 is 2.15 bits per heavy atom. The summed E-state index contributed by atoms with van der Waals surface area (Å²) in [5.41, 5.74) is -0.516. The van der Waals surface area contributed by atoms with Crippen molar-refractivity contribution in [1.29, 1.82) is 0 Å². The van der Waals surface area contributed by atoms with E-state index in [0.717, 1.165) is 32.7 Å². The van der Waals surface area contributed by atoms with E-state index in [1.54, 1.807) is 19.0 Å². The van der Waals surface area contributed by atoms with E-state index < -0.39 is 24.0 Å². The van der Waals surface area contributed by atoms with Crippen LogP contribution >= 0.6 is 0 Å². The Morgan fingerprint density at radius 2 is 1.69 bits per heavy atom. The molecule has 0 heterocycles. The van der Waals surface area contributed by atoms with Crippen molar-refractivity contribution < 1.29 is 22.8 Å². The largest absolute Gasteiger partial charge is 0.406 e. The van der Waals surface area contributed by atoms with Gasteiger partial charge >= 0.3 is 6.18 Å². The zero-order valence-corrected chi connectivity index (χ0v) is 15.7. The summed E-state index contributed by atoms with van der Waals surface area (Å²) in [5, 5.41) is 5.73. The van der Waals surface area contributed by atoms with Crippen LogP contribution in [0.1, 0.15) is 25.7 Å². The fourth-order valence-corrected chi connectivity index (χ4v) is 3.12. The number of likely N-dealkylation sites (N-methyl/N-ethyl adjacent to an activating group) is 1. The van der Waals surface area contributed by atoms with Gasteiger partial charge in [0.05, 0.1) is 12.0 Å². The fraction of sp³-hybridized carbons (Fsp3) is 0.812. The maximum Gasteiger partial charge on any atom is 0.406 e. The summed E-state index contributed by atoms with van der Waals surface area (Å²) >= 11 is 0. The summed E-state index contributed by atoms with van der Waals surface area (Å²) in [6.45, 7) is -1.27. The van der Waals surface area contributed by atoms with Gasteiger partial charge in [0.15, 0.2) is 5.96 Å². The predicted octanol–water partition coefficient (Wildman–Crippen LogP) is 0.821. The van der Waals surface area contributed by atoms with E-state index in [1.165, 1.54) is 7.05 Å². The lowest BCUT2D eigenvalue weighted by Gasteiger charge is -2.31. The Kier molecular flexibility index (Phi) is 7.70. The van der Waals surface area contributed by atoms with Gasteiger partial charge in [-0.1, -0.05) is 12.8 Å². The summed E-state index contributed by atoms with van der Waals surface area (Å²) < 4.78 is 37.0. The summed E-state index contributed by atoms with van der Waals surface area (Å²) in [7, 11) is 6.01. The number of guanidine groups is 1. The molecule has 1 rings (SSSR count). The van der Waals surface area contributed by atoms with E-state index in [2.05, 4.69) is 15.6 Å². The molecule has 1 aliphatic carbocycles. The molecule has 2 N–H and O–H groups in total. The molecule has 7 nitrogen and oxygen atoms in total. The van der Waals surface area contributed by atoms with Crippen molar-refractivity contribution in [3.63, 3.8) is 0 Å². The highest BCUT2D eigenvalue weighted by Crippen LogP contribution is 2.38. The molecule has 150 valence electrons. The standard InChI is InChI=1S/C16H28F3N5O2/c1-20-14(21-9-12(25)24(4)11-16(17,18)19)22-10-15(7-5-6-8-15)13(26)23(2)3/h5-11H2,1-4H3,(H2,20,21,22). The third-order valence-electron chi connectivity index (χ3n) is 4.49. The molecule has 0 bridgehead atoms. The summed E-state index contributed by atoms with van der Waals surface area (Å²) in [6, 6.07) is 0. The second-order valence-electron chi connectivity index (χ2n) is 6.83. The second kappa shape index (κ2) is 9.09. The molecule has 0 radical (unpaired) electrons. The van der Waals surface area contributed by atoms with Crippen LogP contribution in [-0.4, -0.2) is 81.6 Å². The minimum atomic E-state index is -4.44.